The Balaban J connectivity index is 1.39. The molecule has 1 aromatic carbocycles. The Bertz CT molecular complexity index is 768. The van der Waals surface area contributed by atoms with Crippen molar-refractivity contribution in [2.75, 3.05) is 11.9 Å². The SMILES string of the molecule is Cn1cnc(-c2ccc(NC(=O)N[C@@]3(C)CCO[C@@H]3C3CC3)cc2)n1. The van der Waals surface area contributed by atoms with Crippen LogP contribution in [-0.2, 0) is 11.8 Å². The molecular formula is C18H23N5O2. The number of rotatable bonds is 4. The van der Waals surface area contributed by atoms with Crippen molar-refractivity contribution in [3.63, 3.8) is 0 Å². The lowest BCUT2D eigenvalue weighted by Crippen LogP contribution is -2.53. The summed E-state index contributed by atoms with van der Waals surface area (Å²) in [5, 5.41) is 10.3. The predicted octanol–water partition coefficient (Wildman–Crippen LogP) is 2.56. The topological polar surface area (TPSA) is 81.1 Å². The third kappa shape index (κ3) is 3.37. The van der Waals surface area contributed by atoms with Gasteiger partial charge in [-0.2, -0.15) is 5.10 Å². The van der Waals surface area contributed by atoms with Crippen molar-refractivity contribution >= 4 is 11.7 Å². The van der Waals surface area contributed by atoms with Crippen LogP contribution in [0.4, 0.5) is 10.5 Å². The number of nitrogens with zero attached hydrogens (tertiary/aromatic N) is 3. The quantitative estimate of drug-likeness (QED) is 0.895. The smallest absolute Gasteiger partial charge is 0.319 e. The molecule has 2 N–H and O–H groups in total. The van der Waals surface area contributed by atoms with Crippen LogP contribution in [-0.4, -0.2) is 39.0 Å². The predicted molar refractivity (Wildman–Crippen MR) is 94.1 cm³/mol. The van der Waals surface area contributed by atoms with Gasteiger partial charge < -0.3 is 15.4 Å². The van der Waals surface area contributed by atoms with Crippen molar-refractivity contribution in [3.8, 4) is 11.4 Å². The standard InChI is InChI=1S/C18H23N5O2/c1-18(9-10-25-15(18)12-3-4-12)21-17(24)20-14-7-5-13(6-8-14)16-19-11-23(2)22-16/h5-8,11-12,15H,3-4,9-10H2,1-2H3,(H2,20,21,24)/t15-,18+/m1/s1. The molecule has 0 spiro atoms. The van der Waals surface area contributed by atoms with Crippen LogP contribution in [0.3, 0.4) is 0 Å². The molecule has 2 amide bonds. The minimum absolute atomic E-state index is 0.135. The van der Waals surface area contributed by atoms with Crippen LogP contribution in [0.25, 0.3) is 11.4 Å². The number of hydrogen-bond donors (Lipinski definition) is 2. The fourth-order valence-electron chi connectivity index (χ4n) is 3.51. The van der Waals surface area contributed by atoms with Gasteiger partial charge in [-0.05, 0) is 56.4 Å². The second-order valence-corrected chi connectivity index (χ2v) is 7.19. The highest BCUT2D eigenvalue weighted by Crippen LogP contribution is 2.43. The number of aromatic nitrogens is 3. The van der Waals surface area contributed by atoms with E-state index in [1.54, 1.807) is 11.0 Å². The van der Waals surface area contributed by atoms with Gasteiger partial charge in [0, 0.05) is 24.9 Å². The first-order valence-corrected chi connectivity index (χ1v) is 8.70. The largest absolute Gasteiger partial charge is 0.375 e. The summed E-state index contributed by atoms with van der Waals surface area (Å²) in [5.41, 5.74) is 1.36. The number of aryl methyl sites for hydroxylation is 1. The monoisotopic (exact) mass is 341 g/mol. The molecule has 2 heterocycles. The van der Waals surface area contributed by atoms with E-state index >= 15 is 0 Å². The Hall–Kier alpha value is -2.41. The van der Waals surface area contributed by atoms with E-state index in [0.29, 0.717) is 18.3 Å². The zero-order valence-corrected chi connectivity index (χ0v) is 14.5. The van der Waals surface area contributed by atoms with Crippen LogP contribution in [0.1, 0.15) is 26.2 Å². The molecule has 2 aromatic rings. The van der Waals surface area contributed by atoms with Gasteiger partial charge in [-0.1, -0.05) is 0 Å². The lowest BCUT2D eigenvalue weighted by atomic mass is 9.90. The van der Waals surface area contributed by atoms with Gasteiger partial charge in [0.25, 0.3) is 0 Å². The van der Waals surface area contributed by atoms with Crippen molar-refractivity contribution in [1.82, 2.24) is 20.1 Å². The van der Waals surface area contributed by atoms with Gasteiger partial charge in [0.05, 0.1) is 11.6 Å². The first kappa shape index (κ1) is 16.1. The first-order chi connectivity index (χ1) is 12.0. The molecule has 7 heteroatoms. The summed E-state index contributed by atoms with van der Waals surface area (Å²) in [7, 11) is 1.83. The van der Waals surface area contributed by atoms with Crippen molar-refractivity contribution in [3.05, 3.63) is 30.6 Å². The van der Waals surface area contributed by atoms with Crippen LogP contribution < -0.4 is 10.6 Å². The number of carbonyl (C=O) groups excluding carboxylic acids is 1. The van der Waals surface area contributed by atoms with Gasteiger partial charge in [0.15, 0.2) is 5.82 Å². The lowest BCUT2D eigenvalue weighted by Gasteiger charge is -2.31. The molecule has 7 nitrogen and oxygen atoms in total. The molecule has 1 aliphatic carbocycles. The normalized spacial score (nSPS) is 25.8. The summed E-state index contributed by atoms with van der Waals surface area (Å²) in [6, 6.07) is 7.33. The highest BCUT2D eigenvalue weighted by atomic mass is 16.5. The summed E-state index contributed by atoms with van der Waals surface area (Å²) >= 11 is 0. The van der Waals surface area contributed by atoms with E-state index in [4.69, 9.17) is 4.74 Å². The van der Waals surface area contributed by atoms with Crippen molar-refractivity contribution in [1.29, 1.82) is 0 Å². The molecule has 25 heavy (non-hydrogen) atoms. The van der Waals surface area contributed by atoms with Gasteiger partial charge in [0.2, 0.25) is 0 Å². The number of carbonyl (C=O) groups is 1. The molecule has 0 radical (unpaired) electrons. The van der Waals surface area contributed by atoms with E-state index in [9.17, 15) is 4.79 Å². The Morgan fingerprint density at radius 1 is 1.32 bits per heavy atom. The summed E-state index contributed by atoms with van der Waals surface area (Å²) in [6.07, 6.45) is 5.05. The van der Waals surface area contributed by atoms with E-state index in [1.807, 2.05) is 31.3 Å². The second-order valence-electron chi connectivity index (χ2n) is 7.19. The molecule has 0 bridgehead atoms. The number of ether oxygens (including phenoxy) is 1. The molecular weight excluding hydrogens is 318 g/mol. The van der Waals surface area contributed by atoms with Gasteiger partial charge in [0.1, 0.15) is 6.33 Å². The molecule has 1 saturated carbocycles. The molecule has 1 saturated heterocycles. The average Bonchev–Trinajstić information content (AvgIpc) is 3.21. The minimum atomic E-state index is -0.289. The number of amides is 2. The molecule has 132 valence electrons. The van der Waals surface area contributed by atoms with Gasteiger partial charge in [-0.15, -0.1) is 0 Å². The Labute approximate surface area is 146 Å². The number of benzene rings is 1. The second kappa shape index (κ2) is 6.15. The fourth-order valence-corrected chi connectivity index (χ4v) is 3.51. The van der Waals surface area contributed by atoms with Crippen LogP contribution in [0, 0.1) is 5.92 Å². The van der Waals surface area contributed by atoms with E-state index in [-0.39, 0.29) is 17.7 Å². The minimum Gasteiger partial charge on any atom is -0.375 e. The van der Waals surface area contributed by atoms with Crippen LogP contribution in [0.5, 0.6) is 0 Å². The molecule has 1 aromatic heterocycles. The van der Waals surface area contributed by atoms with Gasteiger partial charge in [-0.3, -0.25) is 4.68 Å². The first-order valence-electron chi connectivity index (χ1n) is 8.70. The summed E-state index contributed by atoms with van der Waals surface area (Å²) in [4.78, 5) is 16.6. The van der Waals surface area contributed by atoms with E-state index in [1.165, 1.54) is 12.8 Å². The summed E-state index contributed by atoms with van der Waals surface area (Å²) in [6.45, 7) is 2.79. The Kier molecular flexibility index (Phi) is 3.95. The molecule has 2 atom stereocenters. The average molecular weight is 341 g/mol. The highest BCUT2D eigenvalue weighted by molar-refractivity contribution is 5.90. The molecule has 2 aliphatic rings. The maximum absolute atomic E-state index is 12.4. The number of anilines is 1. The van der Waals surface area contributed by atoms with Crippen molar-refractivity contribution in [2.24, 2.45) is 13.0 Å². The van der Waals surface area contributed by atoms with E-state index < -0.39 is 0 Å². The fraction of sp³-hybridized carbons (Fsp3) is 0.500. The highest BCUT2D eigenvalue weighted by Gasteiger charge is 2.49. The van der Waals surface area contributed by atoms with Crippen molar-refractivity contribution < 1.29 is 9.53 Å². The molecule has 0 unspecified atom stereocenters. The van der Waals surface area contributed by atoms with Crippen LogP contribution in [0.2, 0.25) is 0 Å². The van der Waals surface area contributed by atoms with E-state index in [2.05, 4.69) is 27.6 Å². The zero-order chi connectivity index (χ0) is 17.4. The van der Waals surface area contributed by atoms with Crippen LogP contribution in [0.15, 0.2) is 30.6 Å². The number of urea groups is 1. The zero-order valence-electron chi connectivity index (χ0n) is 14.5. The number of hydrogen-bond acceptors (Lipinski definition) is 4. The third-order valence-corrected chi connectivity index (χ3v) is 5.00. The summed E-state index contributed by atoms with van der Waals surface area (Å²) < 4.78 is 7.51. The third-order valence-electron chi connectivity index (χ3n) is 5.00. The maximum Gasteiger partial charge on any atom is 0.319 e. The lowest BCUT2D eigenvalue weighted by molar-refractivity contribution is 0.0597. The maximum atomic E-state index is 12.4. The van der Waals surface area contributed by atoms with E-state index in [0.717, 1.165) is 17.7 Å². The van der Waals surface area contributed by atoms with Crippen molar-refractivity contribution in [2.45, 2.75) is 37.8 Å². The summed E-state index contributed by atoms with van der Waals surface area (Å²) in [5.74, 6) is 1.26. The van der Waals surface area contributed by atoms with Gasteiger partial charge >= 0.3 is 6.03 Å². The van der Waals surface area contributed by atoms with Crippen LogP contribution >= 0.6 is 0 Å². The number of nitrogens with one attached hydrogen (secondary N) is 2. The Morgan fingerprint density at radius 2 is 2.08 bits per heavy atom. The van der Waals surface area contributed by atoms with Gasteiger partial charge in [-0.25, -0.2) is 9.78 Å². The Morgan fingerprint density at radius 3 is 2.72 bits per heavy atom. The molecule has 2 fully saturated rings. The molecule has 4 rings (SSSR count). The molecule has 1 aliphatic heterocycles.